The van der Waals surface area contributed by atoms with E-state index in [4.69, 9.17) is 0 Å². The third-order valence-electron chi connectivity index (χ3n) is 1.74. The predicted molar refractivity (Wildman–Crippen MR) is 53.3 cm³/mol. The lowest BCUT2D eigenvalue weighted by molar-refractivity contribution is -0.107. The summed E-state index contributed by atoms with van der Waals surface area (Å²) >= 11 is 3.46. The van der Waals surface area contributed by atoms with E-state index < -0.39 is 0 Å². The highest BCUT2D eigenvalue weighted by atomic mass is 79.9. The SMILES string of the molecule is Cc1ccc(CCC=O)c(Br)c1. The Balaban J connectivity index is 2.78. The van der Waals surface area contributed by atoms with Gasteiger partial charge in [0, 0.05) is 10.9 Å². The number of halogens is 1. The van der Waals surface area contributed by atoms with Gasteiger partial charge in [-0.1, -0.05) is 28.1 Å². The summed E-state index contributed by atoms with van der Waals surface area (Å²) in [5, 5.41) is 0. The van der Waals surface area contributed by atoms with Crippen molar-refractivity contribution in [3.8, 4) is 0 Å². The van der Waals surface area contributed by atoms with Gasteiger partial charge in [0.1, 0.15) is 6.29 Å². The van der Waals surface area contributed by atoms with Gasteiger partial charge in [-0.25, -0.2) is 0 Å². The van der Waals surface area contributed by atoms with Gasteiger partial charge in [-0.2, -0.15) is 0 Å². The first-order chi connectivity index (χ1) is 5.74. The van der Waals surface area contributed by atoms with Crippen molar-refractivity contribution in [3.05, 3.63) is 33.8 Å². The molecule has 0 fully saturated rings. The van der Waals surface area contributed by atoms with Crippen LogP contribution in [-0.2, 0) is 11.2 Å². The zero-order valence-electron chi connectivity index (χ0n) is 7.01. The molecule has 1 nitrogen and oxygen atoms in total. The van der Waals surface area contributed by atoms with Gasteiger partial charge in [0.05, 0.1) is 0 Å². The van der Waals surface area contributed by atoms with Gasteiger partial charge in [0.2, 0.25) is 0 Å². The van der Waals surface area contributed by atoms with Crippen molar-refractivity contribution in [2.75, 3.05) is 0 Å². The number of benzene rings is 1. The highest BCUT2D eigenvalue weighted by Crippen LogP contribution is 2.19. The maximum Gasteiger partial charge on any atom is 0.120 e. The fourth-order valence-corrected chi connectivity index (χ4v) is 1.76. The van der Waals surface area contributed by atoms with Gasteiger partial charge < -0.3 is 4.79 Å². The fourth-order valence-electron chi connectivity index (χ4n) is 1.07. The number of carbonyl (C=O) groups excluding carboxylic acids is 1. The summed E-state index contributed by atoms with van der Waals surface area (Å²) in [4.78, 5) is 10.1. The molecule has 64 valence electrons. The Bertz CT molecular complexity index is 281. The minimum atomic E-state index is 0.599. The summed E-state index contributed by atoms with van der Waals surface area (Å²) in [5.74, 6) is 0. The monoisotopic (exact) mass is 226 g/mol. The lowest BCUT2D eigenvalue weighted by Gasteiger charge is -2.02. The molecule has 0 saturated carbocycles. The van der Waals surface area contributed by atoms with E-state index in [9.17, 15) is 4.79 Å². The molecule has 0 unspecified atom stereocenters. The van der Waals surface area contributed by atoms with Crippen LogP contribution in [0.25, 0.3) is 0 Å². The molecule has 0 bridgehead atoms. The molecule has 0 aliphatic carbocycles. The molecule has 0 aliphatic rings. The van der Waals surface area contributed by atoms with Gasteiger partial charge >= 0.3 is 0 Å². The maximum atomic E-state index is 10.1. The van der Waals surface area contributed by atoms with Crippen LogP contribution in [0.2, 0.25) is 0 Å². The molecular formula is C10H11BrO. The predicted octanol–water partition coefficient (Wildman–Crippen LogP) is 2.89. The van der Waals surface area contributed by atoms with E-state index in [-0.39, 0.29) is 0 Å². The Morgan fingerprint density at radius 2 is 2.25 bits per heavy atom. The first kappa shape index (κ1) is 9.46. The Labute approximate surface area is 80.9 Å². The average Bonchev–Trinajstić information content (AvgIpc) is 2.03. The Morgan fingerprint density at radius 3 is 2.83 bits per heavy atom. The highest BCUT2D eigenvalue weighted by Gasteiger charge is 1.98. The van der Waals surface area contributed by atoms with Crippen molar-refractivity contribution in [3.63, 3.8) is 0 Å². The van der Waals surface area contributed by atoms with Crippen LogP contribution in [0.15, 0.2) is 22.7 Å². The Kier molecular flexibility index (Phi) is 3.48. The molecule has 0 N–H and O–H groups in total. The number of aldehydes is 1. The van der Waals surface area contributed by atoms with Crippen molar-refractivity contribution in [2.24, 2.45) is 0 Å². The molecular weight excluding hydrogens is 216 g/mol. The highest BCUT2D eigenvalue weighted by molar-refractivity contribution is 9.10. The van der Waals surface area contributed by atoms with E-state index in [1.807, 2.05) is 6.92 Å². The molecule has 2 heteroatoms. The Morgan fingerprint density at radius 1 is 1.50 bits per heavy atom. The van der Waals surface area contributed by atoms with Crippen molar-refractivity contribution in [1.82, 2.24) is 0 Å². The smallest absolute Gasteiger partial charge is 0.120 e. The van der Waals surface area contributed by atoms with Crippen LogP contribution < -0.4 is 0 Å². The molecule has 1 aromatic carbocycles. The zero-order valence-corrected chi connectivity index (χ0v) is 8.60. The van der Waals surface area contributed by atoms with Crippen LogP contribution >= 0.6 is 15.9 Å². The minimum absolute atomic E-state index is 0.599. The first-order valence-electron chi connectivity index (χ1n) is 3.92. The van der Waals surface area contributed by atoms with Crippen molar-refractivity contribution in [1.29, 1.82) is 0 Å². The van der Waals surface area contributed by atoms with Crippen LogP contribution in [-0.4, -0.2) is 6.29 Å². The first-order valence-corrected chi connectivity index (χ1v) is 4.72. The second-order valence-corrected chi connectivity index (χ2v) is 3.65. The van der Waals surface area contributed by atoms with E-state index in [2.05, 4.69) is 34.1 Å². The molecule has 0 atom stereocenters. The number of hydrogen-bond acceptors (Lipinski definition) is 1. The summed E-state index contributed by atoms with van der Waals surface area (Å²) in [6.07, 6.45) is 2.37. The van der Waals surface area contributed by atoms with Gasteiger partial charge in [0.25, 0.3) is 0 Å². The largest absolute Gasteiger partial charge is 0.303 e. The lowest BCUT2D eigenvalue weighted by Crippen LogP contribution is -1.88. The quantitative estimate of drug-likeness (QED) is 0.725. The minimum Gasteiger partial charge on any atom is -0.303 e. The lowest BCUT2D eigenvalue weighted by atomic mass is 10.1. The average molecular weight is 227 g/mol. The van der Waals surface area contributed by atoms with E-state index >= 15 is 0 Å². The van der Waals surface area contributed by atoms with E-state index in [0.717, 1.165) is 17.2 Å². The maximum absolute atomic E-state index is 10.1. The number of aryl methyl sites for hydroxylation is 2. The molecule has 12 heavy (non-hydrogen) atoms. The van der Waals surface area contributed by atoms with E-state index in [1.165, 1.54) is 11.1 Å². The van der Waals surface area contributed by atoms with E-state index in [1.54, 1.807) is 0 Å². The van der Waals surface area contributed by atoms with Gasteiger partial charge in [-0.05, 0) is 30.5 Å². The van der Waals surface area contributed by atoms with Gasteiger partial charge in [0.15, 0.2) is 0 Å². The molecule has 0 radical (unpaired) electrons. The standard InChI is InChI=1S/C10H11BrO/c1-8-4-5-9(3-2-6-12)10(11)7-8/h4-7H,2-3H2,1H3. The summed E-state index contributed by atoms with van der Waals surface area (Å²) in [6, 6.07) is 6.19. The Hall–Kier alpha value is -0.630. The third-order valence-corrected chi connectivity index (χ3v) is 2.48. The van der Waals surface area contributed by atoms with Crippen LogP contribution in [0.5, 0.6) is 0 Å². The fraction of sp³-hybridized carbons (Fsp3) is 0.300. The van der Waals surface area contributed by atoms with Crippen molar-refractivity contribution < 1.29 is 4.79 Å². The van der Waals surface area contributed by atoms with Gasteiger partial charge in [-0.15, -0.1) is 0 Å². The van der Waals surface area contributed by atoms with Crippen molar-refractivity contribution in [2.45, 2.75) is 19.8 Å². The summed E-state index contributed by atoms with van der Waals surface area (Å²) in [5.41, 5.74) is 2.43. The molecule has 0 aliphatic heterocycles. The summed E-state index contributed by atoms with van der Waals surface area (Å²) < 4.78 is 1.10. The molecule has 0 spiro atoms. The normalized spacial score (nSPS) is 9.83. The van der Waals surface area contributed by atoms with Crippen molar-refractivity contribution >= 4 is 22.2 Å². The topological polar surface area (TPSA) is 17.1 Å². The second kappa shape index (κ2) is 4.41. The van der Waals surface area contributed by atoms with Crippen LogP contribution in [0.1, 0.15) is 17.5 Å². The molecule has 0 amide bonds. The molecule has 1 aromatic rings. The van der Waals surface area contributed by atoms with Gasteiger partial charge in [-0.3, -0.25) is 0 Å². The molecule has 0 aromatic heterocycles. The molecule has 0 heterocycles. The third kappa shape index (κ3) is 2.45. The van der Waals surface area contributed by atoms with Crippen LogP contribution in [0.4, 0.5) is 0 Å². The van der Waals surface area contributed by atoms with Crippen LogP contribution in [0, 0.1) is 6.92 Å². The summed E-state index contributed by atoms with van der Waals surface area (Å²) in [6.45, 7) is 2.05. The van der Waals surface area contributed by atoms with E-state index in [0.29, 0.717) is 6.42 Å². The number of hydrogen-bond donors (Lipinski definition) is 0. The zero-order chi connectivity index (χ0) is 8.97. The summed E-state index contributed by atoms with van der Waals surface area (Å²) in [7, 11) is 0. The molecule has 0 saturated heterocycles. The molecule has 1 rings (SSSR count). The number of rotatable bonds is 3. The number of carbonyl (C=O) groups is 1. The second-order valence-electron chi connectivity index (χ2n) is 2.80. The van der Waals surface area contributed by atoms with Crippen LogP contribution in [0.3, 0.4) is 0 Å².